The standard InChI is InChI=1S/C21H26N8.HI/c1-2-22-20(27-13-15-28(16-14-27)21-23-9-3-10-24-21)25-17-18-5-7-19(8-6-18)29-12-4-11-26-29;/h3-12H,2,13-17H2,1H3,(H,22,25);1H. The van der Waals surface area contributed by atoms with E-state index in [1.165, 1.54) is 5.56 Å². The fraction of sp³-hybridized carbons (Fsp3) is 0.333. The van der Waals surface area contributed by atoms with Gasteiger partial charge < -0.3 is 15.1 Å². The number of nitrogens with zero attached hydrogens (tertiary/aromatic N) is 7. The molecule has 2 aromatic heterocycles. The van der Waals surface area contributed by atoms with Crippen LogP contribution in [0.1, 0.15) is 12.5 Å². The molecule has 3 aromatic rings. The molecule has 4 rings (SSSR count). The van der Waals surface area contributed by atoms with Gasteiger partial charge in [-0.1, -0.05) is 12.1 Å². The summed E-state index contributed by atoms with van der Waals surface area (Å²) in [6.45, 7) is 7.13. The van der Waals surface area contributed by atoms with Crippen LogP contribution in [0, 0.1) is 0 Å². The van der Waals surface area contributed by atoms with Crippen molar-refractivity contribution < 1.29 is 0 Å². The molecule has 0 amide bonds. The zero-order valence-electron chi connectivity index (χ0n) is 17.1. The van der Waals surface area contributed by atoms with Crippen LogP contribution in [0.15, 0.2) is 66.2 Å². The molecule has 30 heavy (non-hydrogen) atoms. The Morgan fingerprint density at radius 2 is 1.73 bits per heavy atom. The first-order chi connectivity index (χ1) is 14.3. The third-order valence-electron chi connectivity index (χ3n) is 4.87. The molecule has 1 aromatic carbocycles. The molecule has 0 atom stereocenters. The fourth-order valence-electron chi connectivity index (χ4n) is 3.34. The molecular weight excluding hydrogens is 491 g/mol. The van der Waals surface area contributed by atoms with Crippen molar-refractivity contribution >= 4 is 35.9 Å². The van der Waals surface area contributed by atoms with Gasteiger partial charge >= 0.3 is 0 Å². The molecule has 0 radical (unpaired) electrons. The van der Waals surface area contributed by atoms with Crippen LogP contribution in [-0.4, -0.2) is 63.3 Å². The number of guanidine groups is 1. The smallest absolute Gasteiger partial charge is 0.225 e. The molecular formula is C21H27IN8. The lowest BCUT2D eigenvalue weighted by Crippen LogP contribution is -2.52. The molecule has 0 spiro atoms. The van der Waals surface area contributed by atoms with Gasteiger partial charge in [0.05, 0.1) is 12.2 Å². The van der Waals surface area contributed by atoms with Crippen molar-refractivity contribution in [1.29, 1.82) is 0 Å². The zero-order valence-corrected chi connectivity index (χ0v) is 19.4. The number of nitrogens with one attached hydrogen (secondary N) is 1. The van der Waals surface area contributed by atoms with Crippen molar-refractivity contribution in [2.75, 3.05) is 37.6 Å². The van der Waals surface area contributed by atoms with Crippen LogP contribution in [0.25, 0.3) is 5.69 Å². The molecule has 1 N–H and O–H groups in total. The predicted molar refractivity (Wildman–Crippen MR) is 130 cm³/mol. The van der Waals surface area contributed by atoms with E-state index in [0.717, 1.165) is 50.3 Å². The summed E-state index contributed by atoms with van der Waals surface area (Å²) >= 11 is 0. The van der Waals surface area contributed by atoms with Crippen molar-refractivity contribution in [3.8, 4) is 5.69 Å². The minimum atomic E-state index is 0. The largest absolute Gasteiger partial charge is 0.357 e. The molecule has 0 saturated carbocycles. The molecule has 158 valence electrons. The Morgan fingerprint density at radius 3 is 2.37 bits per heavy atom. The minimum Gasteiger partial charge on any atom is -0.357 e. The van der Waals surface area contributed by atoms with Crippen molar-refractivity contribution in [3.63, 3.8) is 0 Å². The van der Waals surface area contributed by atoms with Crippen molar-refractivity contribution in [2.24, 2.45) is 4.99 Å². The predicted octanol–water partition coefficient (Wildman–Crippen LogP) is 2.57. The summed E-state index contributed by atoms with van der Waals surface area (Å²) in [5.41, 5.74) is 2.22. The van der Waals surface area contributed by atoms with Gasteiger partial charge in [0.15, 0.2) is 5.96 Å². The van der Waals surface area contributed by atoms with Crippen LogP contribution in [0.4, 0.5) is 5.95 Å². The third-order valence-corrected chi connectivity index (χ3v) is 4.87. The molecule has 1 aliphatic heterocycles. The Kier molecular flexibility index (Phi) is 8.00. The highest BCUT2D eigenvalue weighted by molar-refractivity contribution is 14.0. The van der Waals surface area contributed by atoms with Gasteiger partial charge in [-0.15, -0.1) is 24.0 Å². The SMILES string of the molecule is CCNC(=NCc1ccc(-n2cccn2)cc1)N1CCN(c2ncccn2)CC1.I. The molecule has 1 saturated heterocycles. The molecule has 3 heterocycles. The maximum absolute atomic E-state index is 4.86. The van der Waals surface area contributed by atoms with Gasteiger partial charge in [0.25, 0.3) is 0 Å². The monoisotopic (exact) mass is 518 g/mol. The van der Waals surface area contributed by atoms with Crippen LogP contribution in [-0.2, 0) is 6.54 Å². The normalized spacial score (nSPS) is 14.4. The molecule has 9 heteroatoms. The number of aromatic nitrogens is 4. The molecule has 0 bridgehead atoms. The third kappa shape index (κ3) is 5.47. The first-order valence-electron chi connectivity index (χ1n) is 9.97. The van der Waals surface area contributed by atoms with Crippen LogP contribution in [0.5, 0.6) is 0 Å². The Labute approximate surface area is 194 Å². The van der Waals surface area contributed by atoms with Crippen molar-refractivity contribution in [2.45, 2.75) is 13.5 Å². The van der Waals surface area contributed by atoms with Crippen molar-refractivity contribution in [1.82, 2.24) is 30.0 Å². The Morgan fingerprint density at radius 1 is 1.00 bits per heavy atom. The van der Waals surface area contributed by atoms with Gasteiger partial charge in [-0.2, -0.15) is 5.10 Å². The van der Waals surface area contributed by atoms with E-state index in [2.05, 4.69) is 61.4 Å². The lowest BCUT2D eigenvalue weighted by molar-refractivity contribution is 0.370. The van der Waals surface area contributed by atoms with Crippen LogP contribution in [0.3, 0.4) is 0 Å². The summed E-state index contributed by atoms with van der Waals surface area (Å²) in [6, 6.07) is 12.1. The number of rotatable bonds is 5. The zero-order chi connectivity index (χ0) is 19.9. The average Bonchev–Trinajstić information content (AvgIpc) is 3.33. The Hall–Kier alpha value is -2.69. The molecule has 1 aliphatic rings. The number of aliphatic imine (C=N–C) groups is 1. The number of piperazine rings is 1. The maximum atomic E-state index is 4.86. The van der Waals surface area contributed by atoms with E-state index in [-0.39, 0.29) is 24.0 Å². The van der Waals surface area contributed by atoms with Gasteiger partial charge in [-0.3, -0.25) is 0 Å². The van der Waals surface area contributed by atoms with Crippen LogP contribution in [0.2, 0.25) is 0 Å². The van der Waals surface area contributed by atoms with Gasteiger partial charge in [-0.05, 0) is 36.8 Å². The van der Waals surface area contributed by atoms with Crippen molar-refractivity contribution in [3.05, 3.63) is 66.7 Å². The maximum Gasteiger partial charge on any atom is 0.225 e. The average molecular weight is 518 g/mol. The van der Waals surface area contributed by atoms with E-state index >= 15 is 0 Å². The second kappa shape index (κ2) is 10.9. The molecule has 0 aliphatic carbocycles. The van der Waals surface area contributed by atoms with E-state index in [0.29, 0.717) is 6.54 Å². The van der Waals surface area contributed by atoms with E-state index in [4.69, 9.17) is 4.99 Å². The summed E-state index contributed by atoms with van der Waals surface area (Å²) < 4.78 is 1.85. The number of halogens is 1. The van der Waals surface area contributed by atoms with Gasteiger partial charge in [0.2, 0.25) is 5.95 Å². The first kappa shape index (κ1) is 22.0. The van der Waals surface area contributed by atoms with Crippen LogP contribution >= 0.6 is 24.0 Å². The second-order valence-corrected chi connectivity index (χ2v) is 6.81. The fourth-order valence-corrected chi connectivity index (χ4v) is 3.34. The Bertz CT molecular complexity index is 904. The van der Waals surface area contributed by atoms with Gasteiger partial charge in [-0.25, -0.2) is 19.6 Å². The molecule has 1 fully saturated rings. The summed E-state index contributed by atoms with van der Waals surface area (Å²) in [5, 5.41) is 7.69. The highest BCUT2D eigenvalue weighted by atomic mass is 127. The summed E-state index contributed by atoms with van der Waals surface area (Å²) in [7, 11) is 0. The molecule has 8 nitrogen and oxygen atoms in total. The number of hydrogen-bond donors (Lipinski definition) is 1. The quantitative estimate of drug-likeness (QED) is 0.318. The van der Waals surface area contributed by atoms with Crippen LogP contribution < -0.4 is 10.2 Å². The summed E-state index contributed by atoms with van der Waals surface area (Å²) in [4.78, 5) is 18.1. The minimum absolute atomic E-state index is 0. The topological polar surface area (TPSA) is 74.5 Å². The lowest BCUT2D eigenvalue weighted by atomic mass is 10.2. The summed E-state index contributed by atoms with van der Waals surface area (Å²) in [6.07, 6.45) is 7.30. The van der Waals surface area contributed by atoms with E-state index in [9.17, 15) is 0 Å². The van der Waals surface area contributed by atoms with Gasteiger partial charge in [0, 0.05) is 57.5 Å². The Balaban J connectivity index is 0.00000256. The second-order valence-electron chi connectivity index (χ2n) is 6.81. The molecule has 0 unspecified atom stereocenters. The van der Waals surface area contributed by atoms with E-state index in [1.54, 1.807) is 18.6 Å². The number of hydrogen-bond acceptors (Lipinski definition) is 5. The number of anilines is 1. The van der Waals surface area contributed by atoms with Gasteiger partial charge in [0.1, 0.15) is 0 Å². The summed E-state index contributed by atoms with van der Waals surface area (Å²) in [5.74, 6) is 1.75. The van der Waals surface area contributed by atoms with E-state index < -0.39 is 0 Å². The highest BCUT2D eigenvalue weighted by Crippen LogP contribution is 2.12. The first-order valence-corrected chi connectivity index (χ1v) is 9.97. The highest BCUT2D eigenvalue weighted by Gasteiger charge is 2.21. The van der Waals surface area contributed by atoms with E-state index in [1.807, 2.05) is 23.0 Å². The number of benzene rings is 1. The lowest BCUT2D eigenvalue weighted by Gasteiger charge is -2.36.